The molecule has 0 aromatic rings. The number of aliphatic hydroxyl groups excluding tert-OH is 2. The van der Waals surface area contributed by atoms with Crippen molar-refractivity contribution in [3.05, 3.63) is 0 Å². The summed E-state index contributed by atoms with van der Waals surface area (Å²) in [5.74, 6) is -0.773. The molecule has 0 aliphatic rings. The molecule has 13 heteroatoms. The van der Waals surface area contributed by atoms with Gasteiger partial charge in [-0.25, -0.2) is 4.57 Å². The van der Waals surface area contributed by atoms with Crippen LogP contribution in [0.25, 0.3) is 0 Å². The van der Waals surface area contributed by atoms with E-state index >= 15 is 0 Å². The highest BCUT2D eigenvalue weighted by atomic mass is 32.2. The SMILES string of the molecule is CCCCCCCC[C@H](O)CC(=O)SCCNC(=O)CCNC(=O)[C@H](O)C(C)(C)COP(=O)(O)O. The van der Waals surface area contributed by atoms with E-state index < -0.39 is 38.0 Å². The third kappa shape index (κ3) is 18.9. The monoisotopic (exact) mass is 542 g/mol. The van der Waals surface area contributed by atoms with Crippen LogP contribution in [0.3, 0.4) is 0 Å². The molecule has 0 aliphatic heterocycles. The Morgan fingerprint density at radius 2 is 1.63 bits per heavy atom. The molecule has 0 saturated heterocycles. The van der Waals surface area contributed by atoms with Gasteiger partial charge in [-0.05, 0) is 6.42 Å². The van der Waals surface area contributed by atoms with Crippen LogP contribution in [0.2, 0.25) is 0 Å². The van der Waals surface area contributed by atoms with Crippen molar-refractivity contribution in [2.75, 3.05) is 25.4 Å². The van der Waals surface area contributed by atoms with Gasteiger partial charge >= 0.3 is 7.82 Å². The van der Waals surface area contributed by atoms with Crippen molar-refractivity contribution in [2.45, 2.75) is 90.8 Å². The highest BCUT2D eigenvalue weighted by Gasteiger charge is 2.35. The maximum Gasteiger partial charge on any atom is 0.469 e. The molecule has 0 radical (unpaired) electrons. The molecule has 0 aromatic heterocycles. The normalized spacial score (nSPS) is 13.8. The van der Waals surface area contributed by atoms with Gasteiger partial charge in [0.2, 0.25) is 11.8 Å². The van der Waals surface area contributed by atoms with E-state index in [4.69, 9.17) is 9.79 Å². The number of carbonyl (C=O) groups is 3. The van der Waals surface area contributed by atoms with Gasteiger partial charge in [-0.2, -0.15) is 0 Å². The number of unbranched alkanes of at least 4 members (excludes halogenated alkanes) is 5. The van der Waals surface area contributed by atoms with E-state index in [1.165, 1.54) is 33.1 Å². The van der Waals surface area contributed by atoms with Crippen LogP contribution in [0.1, 0.15) is 78.6 Å². The lowest BCUT2D eigenvalue weighted by atomic mass is 9.87. The maximum absolute atomic E-state index is 12.0. The predicted molar refractivity (Wildman–Crippen MR) is 135 cm³/mol. The average Bonchev–Trinajstić information content (AvgIpc) is 2.76. The third-order valence-electron chi connectivity index (χ3n) is 5.23. The zero-order chi connectivity index (χ0) is 26.9. The van der Waals surface area contributed by atoms with E-state index in [-0.39, 0.29) is 37.0 Å². The number of carbonyl (C=O) groups excluding carboxylic acids is 3. The topological polar surface area (TPSA) is 182 Å². The number of thioether (sulfide) groups is 1. The largest absolute Gasteiger partial charge is 0.469 e. The number of nitrogens with one attached hydrogen (secondary N) is 2. The molecule has 0 fully saturated rings. The van der Waals surface area contributed by atoms with Gasteiger partial charge in [-0.15, -0.1) is 0 Å². The number of phosphoric acid groups is 1. The number of phosphoric ester groups is 1. The first-order valence-electron chi connectivity index (χ1n) is 12.0. The molecule has 0 unspecified atom stereocenters. The van der Waals surface area contributed by atoms with E-state index in [9.17, 15) is 29.2 Å². The third-order valence-corrected chi connectivity index (χ3v) is 6.59. The van der Waals surface area contributed by atoms with Crippen molar-refractivity contribution in [1.29, 1.82) is 0 Å². The number of amides is 2. The summed E-state index contributed by atoms with van der Waals surface area (Å²) in [7, 11) is -4.73. The average molecular weight is 543 g/mol. The van der Waals surface area contributed by atoms with E-state index in [0.29, 0.717) is 12.2 Å². The first-order chi connectivity index (χ1) is 16.3. The van der Waals surface area contributed by atoms with Crippen LogP contribution in [0.4, 0.5) is 0 Å². The lowest BCUT2D eigenvalue weighted by molar-refractivity contribution is -0.137. The first kappa shape index (κ1) is 34.0. The van der Waals surface area contributed by atoms with Gasteiger partial charge < -0.3 is 30.6 Å². The molecule has 0 aromatic carbocycles. The zero-order valence-corrected chi connectivity index (χ0v) is 22.7. The Kier molecular flexibility index (Phi) is 17.7. The molecule has 11 nitrogen and oxygen atoms in total. The van der Waals surface area contributed by atoms with Crippen molar-refractivity contribution in [3.8, 4) is 0 Å². The number of aliphatic hydroxyl groups is 2. The second-order valence-electron chi connectivity index (χ2n) is 9.18. The minimum atomic E-state index is -4.73. The van der Waals surface area contributed by atoms with Gasteiger partial charge in [-0.1, -0.05) is 71.1 Å². The molecule has 0 bridgehead atoms. The van der Waals surface area contributed by atoms with Crippen molar-refractivity contribution >= 4 is 36.5 Å². The summed E-state index contributed by atoms with van der Waals surface area (Å²) in [5, 5.41) is 24.9. The fourth-order valence-electron chi connectivity index (χ4n) is 3.04. The number of hydrogen-bond donors (Lipinski definition) is 6. The molecule has 0 heterocycles. The molecule has 0 aliphatic carbocycles. The molecule has 0 spiro atoms. The summed E-state index contributed by atoms with van der Waals surface area (Å²) in [4.78, 5) is 53.4. The van der Waals surface area contributed by atoms with Gasteiger partial charge in [-0.3, -0.25) is 18.9 Å². The van der Waals surface area contributed by atoms with Crippen molar-refractivity contribution in [3.63, 3.8) is 0 Å². The maximum atomic E-state index is 12.0. The van der Waals surface area contributed by atoms with Crippen LogP contribution in [0.15, 0.2) is 0 Å². The highest BCUT2D eigenvalue weighted by Crippen LogP contribution is 2.38. The van der Waals surface area contributed by atoms with Crippen LogP contribution in [-0.4, -0.2) is 74.6 Å². The fourth-order valence-corrected chi connectivity index (χ4v) is 4.28. The number of rotatable bonds is 20. The summed E-state index contributed by atoms with van der Waals surface area (Å²) in [6.45, 7) is 4.64. The Balaban J connectivity index is 3.94. The number of hydrogen-bond acceptors (Lipinski definition) is 8. The van der Waals surface area contributed by atoms with Crippen molar-refractivity contribution < 1.29 is 43.5 Å². The summed E-state index contributed by atoms with van der Waals surface area (Å²) < 4.78 is 15.2. The minimum absolute atomic E-state index is 0.0478. The van der Waals surface area contributed by atoms with Gasteiger partial charge in [0.15, 0.2) is 5.12 Å². The Bertz CT molecular complexity index is 688. The standard InChI is InChI=1S/C22H43N2O9PS/c1-4-5-6-7-8-9-10-17(25)15-19(27)35-14-13-23-18(26)11-12-24-21(29)20(28)22(2,3)16-33-34(30,31)32/h17,20,25,28H,4-16H2,1-3H3,(H,23,26)(H,24,29)(H2,30,31,32)/t17-,20-/m0/s1. The molecule has 2 atom stereocenters. The first-order valence-corrected chi connectivity index (χ1v) is 14.6. The Morgan fingerprint density at radius 3 is 2.26 bits per heavy atom. The van der Waals surface area contributed by atoms with E-state index in [1.54, 1.807) is 0 Å². The molecule has 2 amide bonds. The zero-order valence-electron chi connectivity index (χ0n) is 21.0. The Labute approximate surface area is 212 Å². The highest BCUT2D eigenvalue weighted by molar-refractivity contribution is 8.13. The summed E-state index contributed by atoms with van der Waals surface area (Å²) >= 11 is 1.05. The van der Waals surface area contributed by atoms with E-state index in [2.05, 4.69) is 22.1 Å². The second-order valence-corrected chi connectivity index (χ2v) is 11.6. The summed E-state index contributed by atoms with van der Waals surface area (Å²) in [5.41, 5.74) is -1.26. The minimum Gasteiger partial charge on any atom is -0.393 e. The van der Waals surface area contributed by atoms with E-state index in [0.717, 1.165) is 31.0 Å². The van der Waals surface area contributed by atoms with Gasteiger partial charge in [0, 0.05) is 37.1 Å². The fraction of sp³-hybridized carbons (Fsp3) is 0.864. The lowest BCUT2D eigenvalue weighted by Gasteiger charge is -2.29. The Hall–Kier alpha value is -1.01. The van der Waals surface area contributed by atoms with E-state index in [1.807, 2.05) is 0 Å². The Morgan fingerprint density at radius 1 is 1.00 bits per heavy atom. The van der Waals surface area contributed by atoms with Crippen molar-refractivity contribution in [1.82, 2.24) is 10.6 Å². The molecular weight excluding hydrogens is 499 g/mol. The predicted octanol–water partition coefficient (Wildman–Crippen LogP) is 1.87. The molecule has 0 saturated carbocycles. The van der Waals surface area contributed by atoms with Gasteiger partial charge in [0.1, 0.15) is 6.10 Å². The van der Waals surface area contributed by atoms with Crippen LogP contribution in [-0.2, 0) is 23.5 Å². The molecule has 0 rings (SSSR count). The molecular formula is C22H43N2O9PS. The lowest BCUT2D eigenvalue weighted by Crippen LogP contribution is -2.46. The van der Waals surface area contributed by atoms with Crippen LogP contribution in [0, 0.1) is 5.41 Å². The van der Waals surface area contributed by atoms with Crippen molar-refractivity contribution in [2.24, 2.45) is 5.41 Å². The van der Waals surface area contributed by atoms with Crippen LogP contribution >= 0.6 is 19.6 Å². The van der Waals surface area contributed by atoms with Gasteiger partial charge in [0.25, 0.3) is 0 Å². The summed E-state index contributed by atoms with van der Waals surface area (Å²) in [6.07, 6.45) is 5.17. The molecule has 6 N–H and O–H groups in total. The smallest absolute Gasteiger partial charge is 0.393 e. The summed E-state index contributed by atoms with van der Waals surface area (Å²) in [6, 6.07) is 0. The van der Waals surface area contributed by atoms with Crippen LogP contribution < -0.4 is 10.6 Å². The second kappa shape index (κ2) is 18.3. The quantitative estimate of drug-likeness (QED) is 0.0981. The molecule has 206 valence electrons. The molecule has 35 heavy (non-hydrogen) atoms. The van der Waals surface area contributed by atoms with Crippen LogP contribution in [0.5, 0.6) is 0 Å². The van der Waals surface area contributed by atoms with Gasteiger partial charge in [0.05, 0.1) is 12.7 Å².